The van der Waals surface area contributed by atoms with Gasteiger partial charge >= 0.3 is 0 Å². The van der Waals surface area contributed by atoms with Crippen molar-refractivity contribution in [2.45, 2.75) is 30.6 Å². The number of allylic oxidation sites excluding steroid dienone is 7. The second-order valence-corrected chi connectivity index (χ2v) is 12.8. The van der Waals surface area contributed by atoms with Crippen LogP contribution in [0.25, 0.3) is 10.4 Å². The van der Waals surface area contributed by atoms with E-state index in [9.17, 15) is 22.1 Å². The third-order valence-electron chi connectivity index (χ3n) is 6.63. The lowest BCUT2D eigenvalue weighted by Crippen LogP contribution is -2.28. The Bertz CT molecular complexity index is 1720. The van der Waals surface area contributed by atoms with Gasteiger partial charge in [-0.3, -0.25) is 4.55 Å². The molecule has 0 saturated carbocycles. The molecule has 10 heteroatoms. The zero-order valence-corrected chi connectivity index (χ0v) is 22.4. The molecule has 194 valence electrons. The van der Waals surface area contributed by atoms with Crippen molar-refractivity contribution >= 4 is 31.2 Å². The number of sulfone groups is 1. The van der Waals surface area contributed by atoms with E-state index in [4.69, 9.17) is 11.1 Å². The first-order valence-corrected chi connectivity index (χ1v) is 14.8. The van der Waals surface area contributed by atoms with Gasteiger partial charge in [-0.25, -0.2) is 18.5 Å². The van der Waals surface area contributed by atoms with E-state index in [2.05, 4.69) is 4.85 Å². The summed E-state index contributed by atoms with van der Waals surface area (Å²) >= 11 is 0. The number of anilines is 1. The highest BCUT2D eigenvalue weighted by atomic mass is 32.2. The average molecular weight is 548 g/mol. The van der Waals surface area contributed by atoms with E-state index in [0.29, 0.717) is 12.1 Å². The van der Waals surface area contributed by atoms with E-state index in [1.165, 1.54) is 12.1 Å². The topological polar surface area (TPSA) is 120 Å². The normalized spacial score (nSPS) is 20.8. The lowest BCUT2D eigenvalue weighted by atomic mass is 9.84. The summed E-state index contributed by atoms with van der Waals surface area (Å²) in [6.07, 6.45) is 6.68. The molecule has 2 aromatic carbocycles. The number of rotatable bonds is 6. The van der Waals surface area contributed by atoms with E-state index in [0.717, 1.165) is 16.9 Å². The van der Waals surface area contributed by atoms with Crippen LogP contribution in [0.5, 0.6) is 0 Å². The van der Waals surface area contributed by atoms with E-state index in [1.807, 2.05) is 55.2 Å². The fraction of sp³-hybridized carbons (Fsp3) is 0.214. The summed E-state index contributed by atoms with van der Waals surface area (Å²) < 4.78 is 58.2. The van der Waals surface area contributed by atoms with Gasteiger partial charge in [0.05, 0.1) is 28.2 Å². The first-order valence-electron chi connectivity index (χ1n) is 11.7. The number of para-hydroxylation sites is 1. The van der Waals surface area contributed by atoms with Gasteiger partial charge in [0.2, 0.25) is 9.84 Å². The molecule has 4 rings (SSSR count). The number of benzene rings is 2. The number of hydrogen-bond donors (Lipinski definition) is 1. The molecular formula is C28H25N3O5S2. The van der Waals surface area contributed by atoms with E-state index in [1.54, 1.807) is 30.4 Å². The van der Waals surface area contributed by atoms with Crippen LogP contribution < -0.4 is 4.90 Å². The Morgan fingerprint density at radius 1 is 1.13 bits per heavy atom. The summed E-state index contributed by atoms with van der Waals surface area (Å²) in [5.41, 5.74) is 2.56. The second kappa shape index (κ2) is 10.1. The number of fused-ring (bicyclic) bond motifs is 2. The second-order valence-electron chi connectivity index (χ2n) is 9.35. The molecule has 0 bridgehead atoms. The molecule has 38 heavy (non-hydrogen) atoms. The average Bonchev–Trinajstić information content (AvgIpc) is 3.22. The molecule has 0 saturated heterocycles. The van der Waals surface area contributed by atoms with Gasteiger partial charge in [0.1, 0.15) is 0 Å². The Morgan fingerprint density at radius 3 is 2.47 bits per heavy atom. The zero-order valence-electron chi connectivity index (χ0n) is 20.8. The Morgan fingerprint density at radius 2 is 1.79 bits per heavy atom. The van der Waals surface area contributed by atoms with Gasteiger partial charge in [0, 0.05) is 28.9 Å². The molecule has 1 N–H and O–H groups in total. The summed E-state index contributed by atoms with van der Waals surface area (Å²) in [5.74, 6) is -0.364. The third kappa shape index (κ3) is 4.82. The fourth-order valence-corrected chi connectivity index (χ4v) is 7.10. The quantitative estimate of drug-likeness (QED) is 0.306. The molecule has 2 aliphatic heterocycles. The van der Waals surface area contributed by atoms with Crippen molar-refractivity contribution in [1.82, 2.24) is 0 Å². The number of nitriles is 1. The first-order chi connectivity index (χ1) is 17.9. The molecule has 0 aromatic heterocycles. The molecule has 2 heterocycles. The highest BCUT2D eigenvalue weighted by Crippen LogP contribution is 2.48. The summed E-state index contributed by atoms with van der Waals surface area (Å²) in [6, 6.07) is 15.9. The minimum atomic E-state index is -4.09. The van der Waals surface area contributed by atoms with Crippen molar-refractivity contribution in [2.24, 2.45) is 0 Å². The highest BCUT2D eigenvalue weighted by molar-refractivity contribution is 7.96. The summed E-state index contributed by atoms with van der Waals surface area (Å²) in [6.45, 7) is 11.8. The molecule has 0 atom stereocenters. The van der Waals surface area contributed by atoms with E-state index >= 15 is 0 Å². The van der Waals surface area contributed by atoms with Gasteiger partial charge in [-0.15, -0.1) is 0 Å². The van der Waals surface area contributed by atoms with Crippen LogP contribution in [0.3, 0.4) is 0 Å². The van der Waals surface area contributed by atoms with Crippen LogP contribution in [0.1, 0.15) is 31.4 Å². The highest BCUT2D eigenvalue weighted by Gasteiger charge is 2.40. The van der Waals surface area contributed by atoms with Gasteiger partial charge in [-0.1, -0.05) is 62.4 Å². The summed E-state index contributed by atoms with van der Waals surface area (Å²) in [4.78, 5) is 5.20. The fourth-order valence-electron chi connectivity index (χ4n) is 4.92. The predicted molar refractivity (Wildman–Crippen MR) is 146 cm³/mol. The summed E-state index contributed by atoms with van der Waals surface area (Å²) in [7, 11) is -8.01. The van der Waals surface area contributed by atoms with E-state index in [-0.39, 0.29) is 33.2 Å². The molecule has 0 fully saturated rings. The molecule has 0 aliphatic carbocycles. The van der Waals surface area contributed by atoms with Gasteiger partial charge in [0.15, 0.2) is 0 Å². The van der Waals surface area contributed by atoms with Crippen LogP contribution in [0.15, 0.2) is 94.0 Å². The maximum absolute atomic E-state index is 13.2. The first kappa shape index (κ1) is 27.1. The maximum atomic E-state index is 13.2. The minimum Gasteiger partial charge on any atom is -0.344 e. The Hall–Kier alpha value is -3.96. The van der Waals surface area contributed by atoms with Gasteiger partial charge in [-0.2, -0.15) is 8.42 Å². The van der Waals surface area contributed by atoms with Gasteiger partial charge in [0.25, 0.3) is 15.8 Å². The monoisotopic (exact) mass is 547 g/mol. The number of nitrogens with zero attached hydrogens (tertiary/aromatic N) is 3. The van der Waals surface area contributed by atoms with Crippen LogP contribution in [0.4, 0.5) is 5.69 Å². The van der Waals surface area contributed by atoms with Crippen LogP contribution >= 0.6 is 0 Å². The molecule has 2 aliphatic rings. The standard InChI is InChI=1S/C28H25N3O5S2/c1-28(2)21-12-5-6-13-23(21)31(17-10-18-37(32,33)34)26(28)16-9-8-15-25-27(22(19-29)30-3)20-11-4-7-14-24(20)38(25,35)36/h4-9,11-16H,10,17-18H2,1-2H3,(H,32,33,34)/b9-8+,25-15-,26-16+,27-22+. The van der Waals surface area contributed by atoms with Crippen molar-refractivity contribution in [1.29, 1.82) is 5.26 Å². The smallest absolute Gasteiger partial charge is 0.270 e. The van der Waals surface area contributed by atoms with Crippen molar-refractivity contribution in [3.63, 3.8) is 0 Å². The van der Waals surface area contributed by atoms with Crippen molar-refractivity contribution in [3.8, 4) is 6.07 Å². The zero-order chi connectivity index (χ0) is 27.7. The molecule has 0 spiro atoms. The molecule has 0 amide bonds. The van der Waals surface area contributed by atoms with Crippen molar-refractivity contribution < 1.29 is 21.4 Å². The lowest BCUT2D eigenvalue weighted by Gasteiger charge is -2.27. The third-order valence-corrected chi connectivity index (χ3v) is 9.29. The SMILES string of the molecule is [C-]#[N+]/C(C#N)=C1/C(=C/C=C/C=C2/N(CCCS(=O)(=O)O)c3ccccc3C2(C)C)S(=O)(=O)c2ccccc21. The lowest BCUT2D eigenvalue weighted by molar-refractivity contribution is 0.481. The minimum absolute atomic E-state index is 0.0572. The van der Waals surface area contributed by atoms with Crippen molar-refractivity contribution in [2.75, 3.05) is 17.2 Å². The number of hydrogen-bond acceptors (Lipinski definition) is 6. The molecule has 8 nitrogen and oxygen atoms in total. The van der Waals surface area contributed by atoms with E-state index < -0.39 is 25.4 Å². The molecule has 2 aromatic rings. The van der Waals surface area contributed by atoms with Crippen molar-refractivity contribution in [3.05, 3.63) is 112 Å². The van der Waals surface area contributed by atoms with Crippen LogP contribution in [0.2, 0.25) is 0 Å². The van der Waals surface area contributed by atoms with Gasteiger partial charge < -0.3 is 4.90 Å². The maximum Gasteiger partial charge on any atom is 0.270 e. The van der Waals surface area contributed by atoms with Crippen LogP contribution in [-0.4, -0.2) is 33.7 Å². The predicted octanol–water partition coefficient (Wildman–Crippen LogP) is 5.03. The van der Waals surface area contributed by atoms with Crippen LogP contribution in [0, 0.1) is 17.9 Å². The van der Waals surface area contributed by atoms with Crippen LogP contribution in [-0.2, 0) is 25.4 Å². The molecule has 0 unspecified atom stereocenters. The molecule has 0 radical (unpaired) electrons. The Labute approximate surface area is 223 Å². The summed E-state index contributed by atoms with van der Waals surface area (Å²) in [5, 5.41) is 9.48. The largest absolute Gasteiger partial charge is 0.344 e. The Balaban J connectivity index is 1.75. The Kier molecular flexibility index (Phi) is 7.18. The van der Waals surface area contributed by atoms with Gasteiger partial charge in [-0.05, 0) is 41.8 Å². The molecular weight excluding hydrogens is 522 g/mol.